The highest BCUT2D eigenvalue weighted by Gasteiger charge is 2.31. The van der Waals surface area contributed by atoms with Crippen molar-refractivity contribution in [1.82, 2.24) is 0 Å². The molecule has 0 atom stereocenters. The number of benzene rings is 1. The molecule has 1 aromatic carbocycles. The van der Waals surface area contributed by atoms with Crippen molar-refractivity contribution in [2.24, 2.45) is 5.41 Å². The number of hydrogen-bond acceptors (Lipinski definition) is 2. The molecule has 0 aromatic heterocycles. The Labute approximate surface area is 119 Å². The summed E-state index contributed by atoms with van der Waals surface area (Å²) in [5.41, 5.74) is 8.73. The summed E-state index contributed by atoms with van der Waals surface area (Å²) in [6.45, 7) is 6.91. The van der Waals surface area contributed by atoms with Crippen molar-refractivity contribution in [3.8, 4) is 0 Å². The predicted octanol–water partition coefficient (Wildman–Crippen LogP) is 4.44. The zero-order chi connectivity index (χ0) is 13.2. The van der Waals surface area contributed by atoms with Crippen LogP contribution in [0.15, 0.2) is 22.7 Å². The van der Waals surface area contributed by atoms with E-state index in [1.165, 1.54) is 31.4 Å². The van der Waals surface area contributed by atoms with Gasteiger partial charge in [0.2, 0.25) is 0 Å². The lowest BCUT2D eigenvalue weighted by atomic mass is 9.74. The van der Waals surface area contributed by atoms with Crippen LogP contribution in [0.25, 0.3) is 0 Å². The summed E-state index contributed by atoms with van der Waals surface area (Å²) in [4.78, 5) is 2.43. The second-order valence-corrected chi connectivity index (χ2v) is 6.31. The summed E-state index contributed by atoms with van der Waals surface area (Å²) in [5, 5.41) is 0. The Hall–Kier alpha value is -0.700. The molecule has 0 spiro atoms. The van der Waals surface area contributed by atoms with Gasteiger partial charge in [-0.15, -0.1) is 0 Å². The van der Waals surface area contributed by atoms with Gasteiger partial charge >= 0.3 is 0 Å². The molecular weight excluding hydrogens is 288 g/mol. The molecule has 1 fully saturated rings. The first kappa shape index (κ1) is 13.7. The maximum absolute atomic E-state index is 6.09. The van der Waals surface area contributed by atoms with E-state index in [-0.39, 0.29) is 0 Å². The zero-order valence-electron chi connectivity index (χ0n) is 11.4. The average molecular weight is 311 g/mol. The molecular formula is C15H23BrN2. The number of hydrogen-bond donors (Lipinski definition) is 1. The normalized spacial score (nSPS) is 18.9. The minimum Gasteiger partial charge on any atom is -0.397 e. The van der Waals surface area contributed by atoms with Crippen molar-refractivity contribution >= 4 is 27.3 Å². The van der Waals surface area contributed by atoms with Crippen molar-refractivity contribution in [3.05, 3.63) is 22.7 Å². The van der Waals surface area contributed by atoms with Crippen LogP contribution in [0, 0.1) is 5.41 Å². The summed E-state index contributed by atoms with van der Waals surface area (Å²) in [6, 6.07) is 6.13. The van der Waals surface area contributed by atoms with Gasteiger partial charge in [-0.3, -0.25) is 0 Å². The van der Waals surface area contributed by atoms with Gasteiger partial charge < -0.3 is 10.6 Å². The molecule has 1 aromatic rings. The lowest BCUT2D eigenvalue weighted by Crippen LogP contribution is -2.39. The van der Waals surface area contributed by atoms with E-state index >= 15 is 0 Å². The first-order valence-corrected chi connectivity index (χ1v) is 7.69. The Balaban J connectivity index is 2.12. The molecule has 3 heteroatoms. The molecule has 2 rings (SSSR count). The van der Waals surface area contributed by atoms with Gasteiger partial charge in [0.25, 0.3) is 0 Å². The van der Waals surface area contributed by atoms with Crippen LogP contribution in [0.3, 0.4) is 0 Å². The zero-order valence-corrected chi connectivity index (χ0v) is 13.0. The SMILES string of the molecule is CCC1(CC)CCN(c2cc(Br)ccc2N)CC1. The van der Waals surface area contributed by atoms with Gasteiger partial charge in [-0.1, -0.05) is 42.6 Å². The van der Waals surface area contributed by atoms with Crippen molar-refractivity contribution in [2.75, 3.05) is 23.7 Å². The Morgan fingerprint density at radius 1 is 1.22 bits per heavy atom. The van der Waals surface area contributed by atoms with Gasteiger partial charge in [-0.25, -0.2) is 0 Å². The van der Waals surface area contributed by atoms with Gasteiger partial charge in [-0.2, -0.15) is 0 Å². The molecule has 0 saturated carbocycles. The van der Waals surface area contributed by atoms with Crippen molar-refractivity contribution in [2.45, 2.75) is 39.5 Å². The molecule has 100 valence electrons. The van der Waals surface area contributed by atoms with E-state index in [0.29, 0.717) is 5.41 Å². The highest BCUT2D eigenvalue weighted by atomic mass is 79.9. The fourth-order valence-corrected chi connectivity index (χ4v) is 3.32. The standard InChI is InChI=1S/C15H23BrN2/c1-3-15(4-2)7-9-18(10-8-15)14-11-12(16)5-6-13(14)17/h5-6,11H,3-4,7-10,17H2,1-2H3. The van der Waals surface area contributed by atoms with Gasteiger partial charge in [0.1, 0.15) is 0 Å². The third kappa shape index (κ3) is 2.66. The third-order valence-corrected chi connectivity index (χ3v) is 5.15. The van der Waals surface area contributed by atoms with Crippen LogP contribution in [-0.2, 0) is 0 Å². The van der Waals surface area contributed by atoms with E-state index in [4.69, 9.17) is 5.73 Å². The first-order valence-electron chi connectivity index (χ1n) is 6.90. The quantitative estimate of drug-likeness (QED) is 0.836. The van der Waals surface area contributed by atoms with E-state index in [2.05, 4.69) is 40.7 Å². The van der Waals surface area contributed by atoms with E-state index < -0.39 is 0 Å². The van der Waals surface area contributed by atoms with Gasteiger partial charge in [0.15, 0.2) is 0 Å². The summed E-state index contributed by atoms with van der Waals surface area (Å²) in [6.07, 6.45) is 5.16. The second kappa shape index (κ2) is 5.52. The Morgan fingerprint density at radius 2 is 1.83 bits per heavy atom. The van der Waals surface area contributed by atoms with E-state index in [1.807, 2.05) is 12.1 Å². The topological polar surface area (TPSA) is 29.3 Å². The molecule has 0 aliphatic carbocycles. The number of piperidine rings is 1. The molecule has 1 aliphatic heterocycles. The summed E-state index contributed by atoms with van der Waals surface area (Å²) in [5.74, 6) is 0. The van der Waals surface area contributed by atoms with E-state index in [1.54, 1.807) is 0 Å². The molecule has 0 unspecified atom stereocenters. The molecule has 18 heavy (non-hydrogen) atoms. The molecule has 0 bridgehead atoms. The van der Waals surface area contributed by atoms with Crippen LogP contribution < -0.4 is 10.6 Å². The van der Waals surface area contributed by atoms with Crippen LogP contribution in [-0.4, -0.2) is 13.1 Å². The van der Waals surface area contributed by atoms with Gasteiger partial charge in [0, 0.05) is 17.6 Å². The van der Waals surface area contributed by atoms with E-state index in [0.717, 1.165) is 23.2 Å². The van der Waals surface area contributed by atoms with Crippen LogP contribution in [0.5, 0.6) is 0 Å². The van der Waals surface area contributed by atoms with Crippen molar-refractivity contribution in [1.29, 1.82) is 0 Å². The summed E-state index contributed by atoms with van der Waals surface area (Å²) >= 11 is 3.53. The first-order chi connectivity index (χ1) is 8.60. The maximum Gasteiger partial charge on any atom is 0.0611 e. The second-order valence-electron chi connectivity index (χ2n) is 5.40. The minimum atomic E-state index is 0.567. The Kier molecular flexibility index (Phi) is 4.21. The van der Waals surface area contributed by atoms with Crippen LogP contribution in [0.1, 0.15) is 39.5 Å². The summed E-state index contributed by atoms with van der Waals surface area (Å²) in [7, 11) is 0. The summed E-state index contributed by atoms with van der Waals surface area (Å²) < 4.78 is 1.11. The number of rotatable bonds is 3. The smallest absolute Gasteiger partial charge is 0.0611 e. The predicted molar refractivity (Wildman–Crippen MR) is 83.0 cm³/mol. The van der Waals surface area contributed by atoms with Crippen molar-refractivity contribution in [3.63, 3.8) is 0 Å². The van der Waals surface area contributed by atoms with Crippen LogP contribution >= 0.6 is 15.9 Å². The average Bonchev–Trinajstić information content (AvgIpc) is 2.42. The maximum atomic E-state index is 6.09. The fourth-order valence-electron chi connectivity index (χ4n) is 2.97. The number of nitrogens with zero attached hydrogens (tertiary/aromatic N) is 1. The molecule has 2 nitrogen and oxygen atoms in total. The third-order valence-electron chi connectivity index (χ3n) is 4.66. The molecule has 1 saturated heterocycles. The van der Waals surface area contributed by atoms with Crippen molar-refractivity contribution < 1.29 is 0 Å². The number of nitrogens with two attached hydrogens (primary N) is 1. The number of halogens is 1. The number of nitrogen functional groups attached to an aromatic ring is 1. The van der Waals surface area contributed by atoms with Gasteiger partial charge in [0.05, 0.1) is 11.4 Å². The molecule has 0 amide bonds. The largest absolute Gasteiger partial charge is 0.397 e. The van der Waals surface area contributed by atoms with Crippen LogP contribution in [0.2, 0.25) is 0 Å². The lowest BCUT2D eigenvalue weighted by Gasteiger charge is -2.42. The molecule has 1 aliphatic rings. The molecule has 2 N–H and O–H groups in total. The Bertz CT molecular complexity index is 403. The fraction of sp³-hybridized carbons (Fsp3) is 0.600. The minimum absolute atomic E-state index is 0.567. The number of anilines is 2. The molecule has 0 radical (unpaired) electrons. The lowest BCUT2D eigenvalue weighted by molar-refractivity contribution is 0.199. The molecule has 1 heterocycles. The van der Waals surface area contributed by atoms with Gasteiger partial charge in [-0.05, 0) is 36.5 Å². The van der Waals surface area contributed by atoms with Crippen LogP contribution in [0.4, 0.5) is 11.4 Å². The monoisotopic (exact) mass is 310 g/mol. The van der Waals surface area contributed by atoms with E-state index in [9.17, 15) is 0 Å². The highest BCUT2D eigenvalue weighted by molar-refractivity contribution is 9.10. The highest BCUT2D eigenvalue weighted by Crippen LogP contribution is 2.40. The Morgan fingerprint density at radius 3 is 2.39 bits per heavy atom.